The number of methoxy groups -OCH3 is 1. The third kappa shape index (κ3) is 1.88. The van der Waals surface area contributed by atoms with Crippen molar-refractivity contribution in [1.29, 1.82) is 0 Å². The van der Waals surface area contributed by atoms with Crippen LogP contribution in [0.2, 0.25) is 0 Å². The first kappa shape index (κ1) is 10.9. The Hall–Kier alpha value is -1.56. The number of hydrogen-bond acceptors (Lipinski definition) is 3. The molecule has 1 amide bonds. The number of anilines is 1. The number of benzene rings is 1. The van der Waals surface area contributed by atoms with E-state index < -0.39 is 6.09 Å². The predicted octanol–water partition coefficient (Wildman–Crippen LogP) is 2.81. The number of amides is 1. The second kappa shape index (κ2) is 4.13. The molecule has 5 nitrogen and oxygen atoms in total. The van der Waals surface area contributed by atoms with Crippen LogP contribution in [0, 0.1) is 6.92 Å². The van der Waals surface area contributed by atoms with Crippen molar-refractivity contribution in [3.05, 3.63) is 22.2 Å². The lowest BCUT2D eigenvalue weighted by atomic mass is 10.2. The minimum atomic E-state index is -0.546. The molecule has 0 fully saturated rings. The van der Waals surface area contributed by atoms with Crippen LogP contribution in [0.4, 0.5) is 10.7 Å². The van der Waals surface area contributed by atoms with Gasteiger partial charge in [-0.25, -0.2) is 9.78 Å². The highest BCUT2D eigenvalue weighted by Crippen LogP contribution is 2.25. The van der Waals surface area contributed by atoms with Gasteiger partial charge >= 0.3 is 6.09 Å². The monoisotopic (exact) mass is 283 g/mol. The van der Waals surface area contributed by atoms with E-state index in [-0.39, 0.29) is 0 Å². The van der Waals surface area contributed by atoms with Crippen LogP contribution in [-0.2, 0) is 4.74 Å². The van der Waals surface area contributed by atoms with E-state index in [1.807, 2.05) is 19.1 Å². The summed E-state index contributed by atoms with van der Waals surface area (Å²) in [6.45, 7) is 1.95. The number of fused-ring (bicyclic) bond motifs is 1. The van der Waals surface area contributed by atoms with Crippen LogP contribution in [-0.4, -0.2) is 23.2 Å². The van der Waals surface area contributed by atoms with Gasteiger partial charge in [0.15, 0.2) is 0 Å². The number of ether oxygens (including phenoxy) is 1. The van der Waals surface area contributed by atoms with Gasteiger partial charge in [-0.3, -0.25) is 5.32 Å². The van der Waals surface area contributed by atoms with Gasteiger partial charge < -0.3 is 9.72 Å². The molecule has 2 rings (SSSR count). The summed E-state index contributed by atoms with van der Waals surface area (Å²) < 4.78 is 5.47. The molecule has 1 aromatic carbocycles. The summed E-state index contributed by atoms with van der Waals surface area (Å²) in [7, 11) is 1.31. The molecule has 1 heterocycles. The summed E-state index contributed by atoms with van der Waals surface area (Å²) >= 11 is 3.42. The summed E-state index contributed by atoms with van der Waals surface area (Å²) in [5.41, 5.74) is 2.71. The van der Waals surface area contributed by atoms with Crippen LogP contribution in [0.15, 0.2) is 16.6 Å². The standard InChI is InChI=1S/C10H10BrN3O2/c1-5-6(11)3-4-7-8(5)13-9(12-7)14-10(15)16-2/h3-4H,1-2H3,(H2,12,13,14,15). The lowest BCUT2D eigenvalue weighted by Gasteiger charge is -1.97. The second-order valence-corrected chi connectivity index (χ2v) is 4.12. The number of carbonyl (C=O) groups is 1. The Bertz CT molecular complexity index is 550. The molecule has 0 aliphatic heterocycles. The number of imidazole rings is 1. The fraction of sp³-hybridized carbons (Fsp3) is 0.200. The van der Waals surface area contributed by atoms with E-state index in [1.165, 1.54) is 7.11 Å². The molecule has 0 bridgehead atoms. The van der Waals surface area contributed by atoms with Crippen LogP contribution in [0.1, 0.15) is 5.56 Å². The smallest absolute Gasteiger partial charge is 0.413 e. The van der Waals surface area contributed by atoms with Gasteiger partial charge in [-0.15, -0.1) is 0 Å². The van der Waals surface area contributed by atoms with Crippen molar-refractivity contribution in [3.63, 3.8) is 0 Å². The average molecular weight is 284 g/mol. The normalized spacial score (nSPS) is 10.4. The fourth-order valence-electron chi connectivity index (χ4n) is 1.39. The zero-order valence-electron chi connectivity index (χ0n) is 8.80. The van der Waals surface area contributed by atoms with Crippen LogP contribution >= 0.6 is 15.9 Å². The van der Waals surface area contributed by atoms with E-state index in [0.717, 1.165) is 21.1 Å². The van der Waals surface area contributed by atoms with Gasteiger partial charge in [0.25, 0.3) is 0 Å². The third-order valence-electron chi connectivity index (χ3n) is 2.25. The van der Waals surface area contributed by atoms with Crippen molar-refractivity contribution in [2.24, 2.45) is 0 Å². The zero-order chi connectivity index (χ0) is 11.7. The van der Waals surface area contributed by atoms with Crippen LogP contribution in [0.25, 0.3) is 11.0 Å². The van der Waals surface area contributed by atoms with E-state index in [1.54, 1.807) is 0 Å². The number of aryl methyl sites for hydroxylation is 1. The SMILES string of the molecule is COC(=O)Nc1nc2c(C)c(Br)ccc2[nH]1. The van der Waals surface area contributed by atoms with Crippen LogP contribution in [0.3, 0.4) is 0 Å². The van der Waals surface area contributed by atoms with E-state index in [2.05, 4.69) is 36.0 Å². The van der Waals surface area contributed by atoms with E-state index in [0.29, 0.717) is 5.95 Å². The van der Waals surface area contributed by atoms with Crippen LogP contribution < -0.4 is 5.32 Å². The maximum atomic E-state index is 11.0. The number of aromatic amines is 1. The molecule has 0 radical (unpaired) electrons. The van der Waals surface area contributed by atoms with E-state index in [4.69, 9.17) is 0 Å². The molecule has 1 aromatic heterocycles. The first-order valence-electron chi connectivity index (χ1n) is 4.61. The molecule has 0 atom stereocenters. The second-order valence-electron chi connectivity index (χ2n) is 3.27. The first-order chi connectivity index (χ1) is 7.61. The lowest BCUT2D eigenvalue weighted by molar-refractivity contribution is 0.186. The maximum Gasteiger partial charge on any atom is 0.413 e. The molecular formula is C10H10BrN3O2. The Balaban J connectivity index is 2.44. The van der Waals surface area contributed by atoms with Gasteiger partial charge in [-0.05, 0) is 24.6 Å². The Labute approximate surface area is 100 Å². The molecule has 84 valence electrons. The topological polar surface area (TPSA) is 67.0 Å². The van der Waals surface area contributed by atoms with Gasteiger partial charge in [0, 0.05) is 4.47 Å². The summed E-state index contributed by atoms with van der Waals surface area (Å²) in [6.07, 6.45) is -0.546. The highest BCUT2D eigenvalue weighted by atomic mass is 79.9. The number of hydrogen-bond donors (Lipinski definition) is 2. The highest BCUT2D eigenvalue weighted by molar-refractivity contribution is 9.10. The molecule has 0 aliphatic carbocycles. The number of carbonyl (C=O) groups excluding carboxylic acids is 1. The summed E-state index contributed by atoms with van der Waals surface area (Å²) in [4.78, 5) is 18.3. The number of halogens is 1. The van der Waals surface area contributed by atoms with Crippen molar-refractivity contribution in [2.45, 2.75) is 6.92 Å². The molecule has 6 heteroatoms. The highest BCUT2D eigenvalue weighted by Gasteiger charge is 2.09. The number of nitrogens with zero attached hydrogens (tertiary/aromatic N) is 1. The minimum Gasteiger partial charge on any atom is -0.453 e. The molecular weight excluding hydrogens is 274 g/mol. The lowest BCUT2D eigenvalue weighted by Crippen LogP contribution is -2.11. The largest absolute Gasteiger partial charge is 0.453 e. The van der Waals surface area contributed by atoms with E-state index >= 15 is 0 Å². The molecule has 0 saturated carbocycles. The molecule has 2 aromatic rings. The molecule has 0 spiro atoms. The zero-order valence-corrected chi connectivity index (χ0v) is 10.4. The van der Waals surface area contributed by atoms with E-state index in [9.17, 15) is 4.79 Å². The predicted molar refractivity (Wildman–Crippen MR) is 64.6 cm³/mol. The van der Waals surface area contributed by atoms with Crippen molar-refractivity contribution in [1.82, 2.24) is 9.97 Å². The van der Waals surface area contributed by atoms with Gasteiger partial charge in [0.2, 0.25) is 5.95 Å². The number of nitrogens with one attached hydrogen (secondary N) is 2. The molecule has 0 unspecified atom stereocenters. The minimum absolute atomic E-state index is 0.378. The summed E-state index contributed by atoms with van der Waals surface area (Å²) in [5, 5.41) is 2.48. The molecule has 16 heavy (non-hydrogen) atoms. The molecule has 0 aliphatic rings. The first-order valence-corrected chi connectivity index (χ1v) is 5.41. The fourth-order valence-corrected chi connectivity index (χ4v) is 1.71. The van der Waals surface area contributed by atoms with Gasteiger partial charge in [-0.2, -0.15) is 0 Å². The molecule has 2 N–H and O–H groups in total. The Kier molecular flexibility index (Phi) is 2.82. The van der Waals surface area contributed by atoms with Gasteiger partial charge in [0.05, 0.1) is 18.1 Å². The summed E-state index contributed by atoms with van der Waals surface area (Å²) in [5.74, 6) is 0.378. The Morgan fingerprint density at radius 1 is 1.56 bits per heavy atom. The summed E-state index contributed by atoms with van der Waals surface area (Å²) in [6, 6.07) is 3.82. The number of rotatable bonds is 1. The number of H-pyrrole nitrogens is 1. The van der Waals surface area contributed by atoms with Crippen molar-refractivity contribution in [3.8, 4) is 0 Å². The third-order valence-corrected chi connectivity index (χ3v) is 3.11. The van der Waals surface area contributed by atoms with Crippen molar-refractivity contribution >= 4 is 39.0 Å². The number of aromatic nitrogens is 2. The van der Waals surface area contributed by atoms with Gasteiger partial charge in [-0.1, -0.05) is 15.9 Å². The average Bonchev–Trinajstić information content (AvgIpc) is 2.67. The van der Waals surface area contributed by atoms with Crippen molar-refractivity contribution < 1.29 is 9.53 Å². The molecule has 0 saturated heterocycles. The van der Waals surface area contributed by atoms with Crippen molar-refractivity contribution in [2.75, 3.05) is 12.4 Å². The maximum absolute atomic E-state index is 11.0. The Morgan fingerprint density at radius 2 is 2.31 bits per heavy atom. The van der Waals surface area contributed by atoms with Crippen LogP contribution in [0.5, 0.6) is 0 Å². The van der Waals surface area contributed by atoms with Gasteiger partial charge in [0.1, 0.15) is 0 Å². The quantitative estimate of drug-likeness (QED) is 0.846. The Morgan fingerprint density at radius 3 is 3.00 bits per heavy atom.